The molecule has 5 nitrogen and oxygen atoms in total. The summed E-state index contributed by atoms with van der Waals surface area (Å²) in [7, 11) is 1.66. The molecule has 1 saturated heterocycles. The van der Waals surface area contributed by atoms with Crippen LogP contribution in [0, 0.1) is 13.8 Å². The van der Waals surface area contributed by atoms with Gasteiger partial charge in [-0.3, -0.25) is 9.59 Å². The van der Waals surface area contributed by atoms with Gasteiger partial charge in [0.25, 0.3) is 0 Å². The number of ketones is 1. The molecule has 2 aromatic rings. The first-order valence-electron chi connectivity index (χ1n) is 9.75. The van der Waals surface area contributed by atoms with Gasteiger partial charge in [-0.1, -0.05) is 17.7 Å². The Balaban J connectivity index is 1.49. The minimum atomic E-state index is 0.0476. The molecule has 0 aromatic heterocycles. The van der Waals surface area contributed by atoms with E-state index in [1.807, 2.05) is 61.2 Å². The Kier molecular flexibility index (Phi) is 6.34. The maximum atomic E-state index is 12.6. The average molecular weight is 380 g/mol. The molecular weight excluding hydrogens is 352 g/mol. The number of methoxy groups -OCH3 is 1. The fourth-order valence-corrected chi connectivity index (χ4v) is 3.56. The van der Waals surface area contributed by atoms with E-state index >= 15 is 0 Å². The number of hydrogen-bond acceptors (Lipinski definition) is 4. The van der Waals surface area contributed by atoms with Gasteiger partial charge in [0.15, 0.2) is 5.78 Å². The van der Waals surface area contributed by atoms with E-state index in [0.717, 1.165) is 41.2 Å². The zero-order chi connectivity index (χ0) is 20.1. The molecule has 1 aliphatic rings. The zero-order valence-electron chi connectivity index (χ0n) is 16.9. The lowest BCUT2D eigenvalue weighted by molar-refractivity contribution is -0.131. The van der Waals surface area contributed by atoms with Gasteiger partial charge in [0.05, 0.1) is 7.11 Å². The van der Waals surface area contributed by atoms with Crippen LogP contribution in [-0.4, -0.2) is 49.9 Å². The number of rotatable bonds is 6. The highest BCUT2D eigenvalue weighted by Crippen LogP contribution is 2.21. The molecule has 1 fully saturated rings. The van der Waals surface area contributed by atoms with Gasteiger partial charge in [0.1, 0.15) is 5.75 Å². The first-order chi connectivity index (χ1) is 13.5. The first kappa shape index (κ1) is 19.9. The number of benzene rings is 2. The van der Waals surface area contributed by atoms with E-state index in [2.05, 4.69) is 4.90 Å². The molecule has 3 rings (SSSR count). The van der Waals surface area contributed by atoms with Gasteiger partial charge < -0.3 is 14.5 Å². The summed E-state index contributed by atoms with van der Waals surface area (Å²) >= 11 is 0. The molecule has 1 aliphatic heterocycles. The summed E-state index contributed by atoms with van der Waals surface area (Å²) in [6.07, 6.45) is 0.538. The number of amides is 1. The minimum Gasteiger partial charge on any atom is -0.497 e. The van der Waals surface area contributed by atoms with Crippen LogP contribution in [0.1, 0.15) is 34.3 Å². The van der Waals surface area contributed by atoms with Crippen LogP contribution in [0.4, 0.5) is 5.69 Å². The third kappa shape index (κ3) is 4.71. The summed E-state index contributed by atoms with van der Waals surface area (Å²) in [4.78, 5) is 29.2. The van der Waals surface area contributed by atoms with E-state index in [1.165, 1.54) is 0 Å². The van der Waals surface area contributed by atoms with Crippen molar-refractivity contribution in [2.45, 2.75) is 26.7 Å². The van der Waals surface area contributed by atoms with Crippen molar-refractivity contribution < 1.29 is 14.3 Å². The largest absolute Gasteiger partial charge is 0.497 e. The Morgan fingerprint density at radius 1 is 0.929 bits per heavy atom. The maximum Gasteiger partial charge on any atom is 0.223 e. The van der Waals surface area contributed by atoms with Gasteiger partial charge in [-0.15, -0.1) is 0 Å². The Morgan fingerprint density at radius 3 is 2.25 bits per heavy atom. The molecule has 0 unspecified atom stereocenters. The fourth-order valence-electron chi connectivity index (χ4n) is 3.56. The van der Waals surface area contributed by atoms with E-state index < -0.39 is 0 Å². The van der Waals surface area contributed by atoms with E-state index in [0.29, 0.717) is 13.1 Å². The summed E-state index contributed by atoms with van der Waals surface area (Å²) in [6, 6.07) is 13.9. The van der Waals surface area contributed by atoms with Crippen molar-refractivity contribution in [1.29, 1.82) is 0 Å². The quantitative estimate of drug-likeness (QED) is 0.718. The smallest absolute Gasteiger partial charge is 0.223 e. The van der Waals surface area contributed by atoms with E-state index in [-0.39, 0.29) is 24.5 Å². The number of aryl methyl sites for hydroxylation is 2. The topological polar surface area (TPSA) is 49.9 Å². The predicted octanol–water partition coefficient (Wildman–Crippen LogP) is 3.62. The Labute approximate surface area is 166 Å². The lowest BCUT2D eigenvalue weighted by Crippen LogP contribution is -2.48. The first-order valence-corrected chi connectivity index (χ1v) is 9.75. The minimum absolute atomic E-state index is 0.0476. The number of hydrogen-bond donors (Lipinski definition) is 0. The number of carbonyl (C=O) groups excluding carboxylic acids is 2. The summed E-state index contributed by atoms with van der Waals surface area (Å²) < 4.78 is 5.20. The maximum absolute atomic E-state index is 12.6. The third-order valence-electron chi connectivity index (χ3n) is 5.33. The molecule has 1 heterocycles. The van der Waals surface area contributed by atoms with Crippen LogP contribution in [0.2, 0.25) is 0 Å². The van der Waals surface area contributed by atoms with Gasteiger partial charge >= 0.3 is 0 Å². The summed E-state index contributed by atoms with van der Waals surface area (Å²) in [6.45, 7) is 6.87. The summed E-state index contributed by atoms with van der Waals surface area (Å²) in [5.41, 5.74) is 3.90. The van der Waals surface area contributed by atoms with Crippen LogP contribution in [0.15, 0.2) is 42.5 Å². The van der Waals surface area contributed by atoms with Gasteiger partial charge in [0.2, 0.25) is 5.91 Å². The zero-order valence-corrected chi connectivity index (χ0v) is 16.9. The molecule has 2 aromatic carbocycles. The van der Waals surface area contributed by atoms with Crippen LogP contribution < -0.4 is 9.64 Å². The summed E-state index contributed by atoms with van der Waals surface area (Å²) in [5, 5.41) is 0. The number of piperazine rings is 1. The van der Waals surface area contributed by atoms with Gasteiger partial charge in [0, 0.05) is 50.3 Å². The number of nitrogens with zero attached hydrogens (tertiary/aromatic N) is 2. The van der Waals surface area contributed by atoms with Crippen LogP contribution in [0.25, 0.3) is 0 Å². The molecule has 0 atom stereocenters. The second-order valence-corrected chi connectivity index (χ2v) is 7.31. The summed E-state index contributed by atoms with van der Waals surface area (Å²) in [5.74, 6) is 0.950. The van der Waals surface area contributed by atoms with Crippen molar-refractivity contribution in [1.82, 2.24) is 4.90 Å². The highest BCUT2D eigenvalue weighted by Gasteiger charge is 2.22. The van der Waals surface area contributed by atoms with Crippen LogP contribution >= 0.6 is 0 Å². The third-order valence-corrected chi connectivity index (χ3v) is 5.33. The Hall–Kier alpha value is -2.82. The molecule has 28 heavy (non-hydrogen) atoms. The van der Waals surface area contributed by atoms with Crippen molar-refractivity contribution >= 4 is 17.4 Å². The average Bonchev–Trinajstić information content (AvgIpc) is 2.73. The lowest BCUT2D eigenvalue weighted by Gasteiger charge is -2.36. The number of Topliss-reactive ketones (excluding diaryl/α,β-unsaturated/α-hetero) is 1. The van der Waals surface area contributed by atoms with E-state index in [1.54, 1.807) is 7.11 Å². The van der Waals surface area contributed by atoms with E-state index in [4.69, 9.17) is 4.74 Å². The van der Waals surface area contributed by atoms with Crippen molar-refractivity contribution in [3.05, 3.63) is 59.2 Å². The van der Waals surface area contributed by atoms with Gasteiger partial charge in [-0.05, 0) is 49.7 Å². The normalized spacial score (nSPS) is 14.1. The second-order valence-electron chi connectivity index (χ2n) is 7.31. The highest BCUT2D eigenvalue weighted by molar-refractivity contribution is 5.99. The highest BCUT2D eigenvalue weighted by atomic mass is 16.5. The Morgan fingerprint density at radius 2 is 1.61 bits per heavy atom. The molecule has 0 spiro atoms. The van der Waals surface area contributed by atoms with Gasteiger partial charge in [-0.25, -0.2) is 0 Å². The molecule has 0 radical (unpaired) electrons. The monoisotopic (exact) mass is 380 g/mol. The molecule has 0 saturated carbocycles. The predicted molar refractivity (Wildman–Crippen MR) is 111 cm³/mol. The van der Waals surface area contributed by atoms with Crippen LogP contribution in [0.5, 0.6) is 5.75 Å². The second kappa shape index (κ2) is 8.91. The molecule has 0 N–H and O–H groups in total. The molecular formula is C23H28N2O3. The molecule has 5 heteroatoms. The van der Waals surface area contributed by atoms with E-state index in [9.17, 15) is 9.59 Å². The SMILES string of the molecule is COc1ccc(N2CCN(C(=O)CCC(=O)c3cc(C)ccc3C)CC2)cc1. The van der Waals surface area contributed by atoms with Crippen molar-refractivity contribution in [3.8, 4) is 5.75 Å². The van der Waals surface area contributed by atoms with Crippen molar-refractivity contribution in [2.24, 2.45) is 0 Å². The Bertz CT molecular complexity index is 837. The van der Waals surface area contributed by atoms with Crippen LogP contribution in [-0.2, 0) is 4.79 Å². The van der Waals surface area contributed by atoms with Gasteiger partial charge in [-0.2, -0.15) is 0 Å². The standard InChI is InChI=1S/C23H28N2O3/c1-17-4-5-18(2)21(16-17)22(26)10-11-23(27)25-14-12-24(13-15-25)19-6-8-20(28-3)9-7-19/h4-9,16H,10-15H2,1-3H3. The number of carbonyl (C=O) groups is 2. The van der Waals surface area contributed by atoms with Crippen molar-refractivity contribution in [3.63, 3.8) is 0 Å². The molecule has 0 aliphatic carbocycles. The lowest BCUT2D eigenvalue weighted by atomic mass is 9.99. The molecule has 0 bridgehead atoms. The number of anilines is 1. The number of ether oxygens (including phenoxy) is 1. The fraction of sp³-hybridized carbons (Fsp3) is 0.391. The molecule has 1 amide bonds. The van der Waals surface area contributed by atoms with Crippen LogP contribution in [0.3, 0.4) is 0 Å². The van der Waals surface area contributed by atoms with Crippen molar-refractivity contribution in [2.75, 3.05) is 38.2 Å². The molecule has 148 valence electrons.